The van der Waals surface area contributed by atoms with E-state index in [-0.39, 0.29) is 18.4 Å². The Balaban J connectivity index is 2.05. The van der Waals surface area contributed by atoms with Crippen LogP contribution in [-0.2, 0) is 16.1 Å². The molecule has 0 aromatic heterocycles. The molecule has 122 valence electrons. The lowest BCUT2D eigenvalue weighted by atomic mass is 10.1. The predicted octanol–water partition coefficient (Wildman–Crippen LogP) is 2.88. The summed E-state index contributed by atoms with van der Waals surface area (Å²) in [5.41, 5.74) is 1.67. The van der Waals surface area contributed by atoms with Crippen molar-refractivity contribution < 1.29 is 9.59 Å². The lowest BCUT2D eigenvalue weighted by Gasteiger charge is -2.21. The van der Waals surface area contributed by atoms with E-state index in [9.17, 15) is 9.59 Å². The Bertz CT molecular complexity index is 782. The molecule has 6 heteroatoms. The molecule has 0 unspecified atom stereocenters. The van der Waals surface area contributed by atoms with Gasteiger partial charge in [0.1, 0.15) is 12.6 Å². The number of benzene rings is 2. The smallest absolute Gasteiger partial charge is 0.240 e. The topological polar surface area (TPSA) is 73.2 Å². The van der Waals surface area contributed by atoms with Crippen LogP contribution in [0.4, 0.5) is 5.69 Å². The summed E-state index contributed by atoms with van der Waals surface area (Å²) in [6, 6.07) is 15.8. The number of hydrogen-bond acceptors (Lipinski definition) is 3. The summed E-state index contributed by atoms with van der Waals surface area (Å²) in [5.74, 6) is -0.618. The van der Waals surface area contributed by atoms with Gasteiger partial charge in [-0.15, -0.1) is 0 Å². The fraction of sp³-hybridized carbons (Fsp3) is 0.167. The van der Waals surface area contributed by atoms with E-state index >= 15 is 0 Å². The van der Waals surface area contributed by atoms with Crippen molar-refractivity contribution in [2.24, 2.45) is 0 Å². The summed E-state index contributed by atoms with van der Waals surface area (Å²) in [5, 5.41) is 12.5. The van der Waals surface area contributed by atoms with Crippen LogP contribution in [-0.4, -0.2) is 18.4 Å². The first-order chi connectivity index (χ1) is 11.5. The number of anilines is 1. The molecular weight excluding hydrogens is 326 g/mol. The van der Waals surface area contributed by atoms with Crippen LogP contribution in [0, 0.1) is 11.3 Å². The summed E-state index contributed by atoms with van der Waals surface area (Å²) in [7, 11) is 0. The second kappa shape index (κ2) is 8.14. The van der Waals surface area contributed by atoms with Crippen molar-refractivity contribution in [3.63, 3.8) is 0 Å². The van der Waals surface area contributed by atoms with E-state index in [1.165, 1.54) is 11.8 Å². The first-order valence-electron chi connectivity index (χ1n) is 7.29. The van der Waals surface area contributed by atoms with Gasteiger partial charge in [0.15, 0.2) is 0 Å². The third-order valence-corrected chi connectivity index (χ3v) is 3.65. The van der Waals surface area contributed by atoms with Gasteiger partial charge in [-0.25, -0.2) is 0 Å². The fourth-order valence-electron chi connectivity index (χ4n) is 2.17. The van der Waals surface area contributed by atoms with Crippen molar-refractivity contribution in [3.05, 3.63) is 64.7 Å². The van der Waals surface area contributed by atoms with Gasteiger partial charge >= 0.3 is 0 Å². The highest BCUT2D eigenvalue weighted by Crippen LogP contribution is 2.19. The first kappa shape index (κ1) is 17.5. The van der Waals surface area contributed by atoms with Crippen LogP contribution in [0.25, 0.3) is 0 Å². The van der Waals surface area contributed by atoms with Gasteiger partial charge in [-0.2, -0.15) is 5.26 Å². The van der Waals surface area contributed by atoms with Gasteiger partial charge in [0.25, 0.3) is 0 Å². The predicted molar refractivity (Wildman–Crippen MR) is 92.5 cm³/mol. The van der Waals surface area contributed by atoms with Gasteiger partial charge in [-0.1, -0.05) is 35.9 Å². The molecule has 0 saturated carbocycles. The normalized spacial score (nSPS) is 9.88. The molecule has 0 heterocycles. The molecule has 0 aliphatic carbocycles. The number of nitrogens with one attached hydrogen (secondary N) is 1. The van der Waals surface area contributed by atoms with Gasteiger partial charge in [-0.3, -0.25) is 9.59 Å². The van der Waals surface area contributed by atoms with Gasteiger partial charge in [0.05, 0.1) is 11.3 Å². The average molecular weight is 342 g/mol. The zero-order chi connectivity index (χ0) is 17.5. The SMILES string of the molecule is CC(=O)N(CC(=O)NCc1ccc(Cl)cc1)c1ccccc1C#N. The number of nitriles is 1. The number of rotatable bonds is 5. The number of hydrogen-bond donors (Lipinski definition) is 1. The third-order valence-electron chi connectivity index (χ3n) is 3.40. The second-order valence-corrected chi connectivity index (χ2v) is 5.57. The minimum atomic E-state index is -0.312. The van der Waals surface area contributed by atoms with Crippen LogP contribution < -0.4 is 10.2 Å². The molecule has 0 aliphatic rings. The molecule has 1 N–H and O–H groups in total. The fourth-order valence-corrected chi connectivity index (χ4v) is 2.30. The number of nitrogens with zero attached hydrogens (tertiary/aromatic N) is 2. The van der Waals surface area contributed by atoms with E-state index in [0.717, 1.165) is 5.56 Å². The van der Waals surface area contributed by atoms with Crippen LogP contribution in [0.5, 0.6) is 0 Å². The number of carbonyl (C=O) groups excluding carboxylic acids is 2. The highest BCUT2D eigenvalue weighted by Gasteiger charge is 2.18. The number of amides is 2. The molecule has 0 fully saturated rings. The molecule has 2 rings (SSSR count). The molecule has 0 aliphatic heterocycles. The van der Waals surface area contributed by atoms with Crippen LogP contribution in [0.3, 0.4) is 0 Å². The van der Waals surface area contributed by atoms with Gasteiger partial charge in [0.2, 0.25) is 11.8 Å². The van der Waals surface area contributed by atoms with Crippen molar-refractivity contribution in [2.75, 3.05) is 11.4 Å². The van der Waals surface area contributed by atoms with E-state index in [4.69, 9.17) is 16.9 Å². The van der Waals surface area contributed by atoms with Crippen molar-refractivity contribution >= 4 is 29.1 Å². The lowest BCUT2D eigenvalue weighted by molar-refractivity contribution is -0.123. The Morgan fingerprint density at radius 1 is 1.17 bits per heavy atom. The summed E-state index contributed by atoms with van der Waals surface area (Å²) in [6.45, 7) is 1.55. The molecule has 0 saturated heterocycles. The van der Waals surface area contributed by atoms with Gasteiger partial charge in [-0.05, 0) is 29.8 Å². The van der Waals surface area contributed by atoms with Crippen molar-refractivity contribution in [3.8, 4) is 6.07 Å². The Hall–Kier alpha value is -2.84. The Morgan fingerprint density at radius 3 is 2.46 bits per heavy atom. The molecule has 0 bridgehead atoms. The van der Waals surface area contributed by atoms with Crippen molar-refractivity contribution in [1.29, 1.82) is 5.26 Å². The Kier molecular flexibility index (Phi) is 5.94. The number of halogens is 1. The van der Waals surface area contributed by atoms with E-state index in [1.54, 1.807) is 36.4 Å². The molecule has 0 atom stereocenters. The Labute approximate surface area is 145 Å². The van der Waals surface area contributed by atoms with Crippen LogP contribution in [0.2, 0.25) is 5.02 Å². The summed E-state index contributed by atoms with van der Waals surface area (Å²) in [6.07, 6.45) is 0. The molecule has 2 aromatic carbocycles. The summed E-state index contributed by atoms with van der Waals surface area (Å²) in [4.78, 5) is 25.3. The summed E-state index contributed by atoms with van der Waals surface area (Å²) < 4.78 is 0. The zero-order valence-electron chi connectivity index (χ0n) is 13.1. The molecule has 24 heavy (non-hydrogen) atoms. The second-order valence-electron chi connectivity index (χ2n) is 5.14. The minimum absolute atomic E-state index is 0.151. The lowest BCUT2D eigenvalue weighted by Crippen LogP contribution is -2.40. The number of carbonyl (C=O) groups is 2. The van der Waals surface area contributed by atoms with E-state index < -0.39 is 0 Å². The largest absolute Gasteiger partial charge is 0.350 e. The summed E-state index contributed by atoms with van der Waals surface area (Å²) >= 11 is 5.82. The molecular formula is C18H16ClN3O2. The van der Waals surface area contributed by atoms with E-state index in [2.05, 4.69) is 5.32 Å². The highest BCUT2D eigenvalue weighted by molar-refractivity contribution is 6.30. The van der Waals surface area contributed by atoms with Crippen LogP contribution in [0.15, 0.2) is 48.5 Å². The van der Waals surface area contributed by atoms with Crippen LogP contribution in [0.1, 0.15) is 18.1 Å². The third kappa shape index (κ3) is 4.58. The van der Waals surface area contributed by atoms with Crippen molar-refractivity contribution in [1.82, 2.24) is 5.32 Å². The average Bonchev–Trinajstić information content (AvgIpc) is 2.59. The monoisotopic (exact) mass is 341 g/mol. The molecule has 5 nitrogen and oxygen atoms in total. The Morgan fingerprint density at radius 2 is 1.83 bits per heavy atom. The van der Waals surface area contributed by atoms with Gasteiger partial charge < -0.3 is 10.2 Å². The maximum absolute atomic E-state index is 12.2. The quantitative estimate of drug-likeness (QED) is 0.908. The molecule has 0 radical (unpaired) electrons. The molecule has 0 spiro atoms. The first-order valence-corrected chi connectivity index (χ1v) is 7.67. The van der Waals surface area contributed by atoms with Gasteiger partial charge in [0, 0.05) is 18.5 Å². The van der Waals surface area contributed by atoms with Crippen molar-refractivity contribution in [2.45, 2.75) is 13.5 Å². The minimum Gasteiger partial charge on any atom is -0.350 e. The molecule has 2 amide bonds. The highest BCUT2D eigenvalue weighted by atomic mass is 35.5. The molecule has 2 aromatic rings. The van der Waals surface area contributed by atoms with E-state index in [0.29, 0.717) is 22.8 Å². The van der Waals surface area contributed by atoms with E-state index in [1.807, 2.05) is 18.2 Å². The maximum atomic E-state index is 12.2. The zero-order valence-corrected chi connectivity index (χ0v) is 13.9. The maximum Gasteiger partial charge on any atom is 0.240 e. The standard InChI is InChI=1S/C18H16ClN3O2/c1-13(23)22(17-5-3-2-4-15(17)10-20)12-18(24)21-11-14-6-8-16(19)9-7-14/h2-9H,11-12H2,1H3,(H,21,24). The number of para-hydroxylation sites is 1. The van der Waals surface area contributed by atoms with Crippen LogP contribution >= 0.6 is 11.6 Å².